The second kappa shape index (κ2) is 6.95. The maximum absolute atomic E-state index is 12.5. The van der Waals surface area contributed by atoms with Gasteiger partial charge in [0.25, 0.3) is 5.69 Å². The van der Waals surface area contributed by atoms with Crippen LogP contribution in [0.15, 0.2) is 54.6 Å². The largest absolute Gasteiger partial charge is 0.388 e. The minimum Gasteiger partial charge on any atom is -0.388 e. The van der Waals surface area contributed by atoms with Crippen molar-refractivity contribution in [3.8, 4) is 0 Å². The Morgan fingerprint density at radius 1 is 1.14 bits per heavy atom. The molecule has 0 aromatic heterocycles. The van der Waals surface area contributed by atoms with Crippen LogP contribution < -0.4 is 0 Å². The van der Waals surface area contributed by atoms with Crippen molar-refractivity contribution in [2.45, 2.75) is 19.4 Å². The first kappa shape index (κ1) is 15.9. The zero-order valence-corrected chi connectivity index (χ0v) is 12.2. The van der Waals surface area contributed by atoms with Gasteiger partial charge in [-0.1, -0.05) is 37.3 Å². The summed E-state index contributed by atoms with van der Waals surface area (Å²) < 4.78 is 0. The van der Waals surface area contributed by atoms with E-state index in [4.69, 9.17) is 0 Å². The van der Waals surface area contributed by atoms with Gasteiger partial charge in [0.15, 0.2) is 5.78 Å². The summed E-state index contributed by atoms with van der Waals surface area (Å²) >= 11 is 0. The summed E-state index contributed by atoms with van der Waals surface area (Å²) in [5.74, 6) is -0.710. The first-order valence-corrected chi connectivity index (χ1v) is 7.06. The summed E-state index contributed by atoms with van der Waals surface area (Å²) in [6, 6.07) is 14.5. The second-order valence-corrected chi connectivity index (χ2v) is 5.04. The number of nitro benzene ring substituents is 1. The Bertz CT molecular complexity index is 652. The number of ketones is 1. The molecule has 22 heavy (non-hydrogen) atoms. The Labute approximate surface area is 128 Å². The van der Waals surface area contributed by atoms with Crippen LogP contribution in [0.25, 0.3) is 0 Å². The van der Waals surface area contributed by atoms with Crippen LogP contribution in [-0.4, -0.2) is 15.8 Å². The molecule has 5 heteroatoms. The van der Waals surface area contributed by atoms with E-state index in [0.29, 0.717) is 17.5 Å². The van der Waals surface area contributed by atoms with Crippen molar-refractivity contribution in [2.24, 2.45) is 5.92 Å². The average molecular weight is 299 g/mol. The molecule has 2 aromatic rings. The molecule has 0 heterocycles. The molecule has 2 atom stereocenters. The van der Waals surface area contributed by atoms with Gasteiger partial charge in [0, 0.05) is 17.7 Å². The monoisotopic (exact) mass is 299 g/mol. The molecule has 2 aromatic carbocycles. The van der Waals surface area contributed by atoms with Crippen molar-refractivity contribution >= 4 is 11.5 Å². The predicted octanol–water partition coefficient (Wildman–Crippen LogP) is 3.54. The number of non-ortho nitro benzene ring substituents is 1. The van der Waals surface area contributed by atoms with Gasteiger partial charge in [-0.15, -0.1) is 0 Å². The lowest BCUT2D eigenvalue weighted by molar-refractivity contribution is -0.384. The highest BCUT2D eigenvalue weighted by molar-refractivity contribution is 5.98. The van der Waals surface area contributed by atoms with E-state index in [2.05, 4.69) is 0 Å². The lowest BCUT2D eigenvalue weighted by atomic mass is 9.87. The van der Waals surface area contributed by atoms with Crippen LogP contribution in [0.1, 0.15) is 35.4 Å². The van der Waals surface area contributed by atoms with E-state index < -0.39 is 16.9 Å². The number of carbonyl (C=O) groups excluding carboxylic acids is 1. The number of nitrogens with zero attached hydrogens (tertiary/aromatic N) is 1. The normalized spacial score (nSPS) is 13.4. The van der Waals surface area contributed by atoms with E-state index in [9.17, 15) is 20.0 Å². The van der Waals surface area contributed by atoms with Gasteiger partial charge >= 0.3 is 0 Å². The Kier molecular flexibility index (Phi) is 5.01. The number of hydrogen-bond donors (Lipinski definition) is 1. The minimum absolute atomic E-state index is 0.0432. The van der Waals surface area contributed by atoms with Crippen LogP contribution in [0.4, 0.5) is 5.69 Å². The molecule has 0 saturated carbocycles. The molecule has 0 saturated heterocycles. The van der Waals surface area contributed by atoms with Gasteiger partial charge in [-0.05, 0) is 24.1 Å². The zero-order chi connectivity index (χ0) is 16.1. The summed E-state index contributed by atoms with van der Waals surface area (Å²) in [5, 5.41) is 21.1. The van der Waals surface area contributed by atoms with E-state index in [0.717, 1.165) is 0 Å². The van der Waals surface area contributed by atoms with Crippen molar-refractivity contribution in [2.75, 3.05) is 0 Å². The third-order valence-electron chi connectivity index (χ3n) is 3.66. The molecule has 0 bridgehead atoms. The van der Waals surface area contributed by atoms with Crippen LogP contribution in [-0.2, 0) is 0 Å². The Morgan fingerprint density at radius 2 is 1.73 bits per heavy atom. The first-order chi connectivity index (χ1) is 10.5. The molecule has 0 amide bonds. The summed E-state index contributed by atoms with van der Waals surface area (Å²) in [5.41, 5.74) is 1.01. The van der Waals surface area contributed by atoms with Crippen molar-refractivity contribution < 1.29 is 14.8 Å². The number of hydrogen-bond acceptors (Lipinski definition) is 4. The summed E-state index contributed by atoms with van der Waals surface area (Å²) in [7, 11) is 0. The van der Waals surface area contributed by atoms with Gasteiger partial charge < -0.3 is 5.11 Å². The number of benzene rings is 2. The fraction of sp³-hybridized carbons (Fsp3) is 0.235. The smallest absolute Gasteiger partial charge is 0.269 e. The van der Waals surface area contributed by atoms with E-state index in [1.54, 1.807) is 24.3 Å². The van der Waals surface area contributed by atoms with E-state index in [-0.39, 0.29) is 11.5 Å². The standard InChI is InChI=1S/C17H17NO4/c1-2-15(16(19)12-6-4-3-5-7-12)17(20)13-8-10-14(11-9-13)18(21)22/h3-11,15,17,20H,2H2,1H3/t15-,17+/m0/s1. The molecular weight excluding hydrogens is 282 g/mol. The predicted molar refractivity (Wildman–Crippen MR) is 82.6 cm³/mol. The molecule has 5 nitrogen and oxygen atoms in total. The molecule has 114 valence electrons. The van der Waals surface area contributed by atoms with Crippen LogP contribution in [0.2, 0.25) is 0 Å². The third kappa shape index (κ3) is 3.38. The highest BCUT2D eigenvalue weighted by Gasteiger charge is 2.27. The Morgan fingerprint density at radius 3 is 2.23 bits per heavy atom. The number of aliphatic hydroxyl groups is 1. The average Bonchev–Trinajstić information content (AvgIpc) is 2.56. The van der Waals surface area contributed by atoms with Gasteiger partial charge in [0.1, 0.15) is 0 Å². The van der Waals surface area contributed by atoms with Crippen molar-refractivity contribution in [3.05, 3.63) is 75.8 Å². The van der Waals surface area contributed by atoms with Crippen molar-refractivity contribution in [1.29, 1.82) is 0 Å². The summed E-state index contributed by atoms with van der Waals surface area (Å²) in [6.07, 6.45) is -0.509. The van der Waals surface area contributed by atoms with Crippen LogP contribution >= 0.6 is 0 Å². The fourth-order valence-corrected chi connectivity index (χ4v) is 2.39. The van der Waals surface area contributed by atoms with Gasteiger partial charge in [-0.2, -0.15) is 0 Å². The molecule has 1 N–H and O–H groups in total. The fourth-order valence-electron chi connectivity index (χ4n) is 2.39. The molecule has 0 spiro atoms. The van der Waals surface area contributed by atoms with E-state index >= 15 is 0 Å². The van der Waals surface area contributed by atoms with Crippen LogP contribution in [0.3, 0.4) is 0 Å². The first-order valence-electron chi connectivity index (χ1n) is 7.06. The molecule has 0 aliphatic rings. The molecule has 0 fully saturated rings. The SMILES string of the molecule is CC[C@@H](C(=O)c1ccccc1)[C@H](O)c1ccc([N+](=O)[O-])cc1. The summed E-state index contributed by atoms with van der Waals surface area (Å²) in [4.78, 5) is 22.7. The molecular formula is C17H17NO4. The van der Waals surface area contributed by atoms with Crippen LogP contribution in [0, 0.1) is 16.0 Å². The highest BCUT2D eigenvalue weighted by atomic mass is 16.6. The number of rotatable bonds is 6. The van der Waals surface area contributed by atoms with Crippen LogP contribution in [0.5, 0.6) is 0 Å². The zero-order valence-electron chi connectivity index (χ0n) is 12.2. The minimum atomic E-state index is -0.987. The maximum atomic E-state index is 12.5. The molecule has 0 radical (unpaired) electrons. The number of nitro groups is 1. The lowest BCUT2D eigenvalue weighted by Gasteiger charge is -2.21. The highest BCUT2D eigenvalue weighted by Crippen LogP contribution is 2.29. The van der Waals surface area contributed by atoms with Gasteiger partial charge in [-0.3, -0.25) is 14.9 Å². The van der Waals surface area contributed by atoms with E-state index in [1.807, 2.05) is 13.0 Å². The molecule has 0 aliphatic carbocycles. The lowest BCUT2D eigenvalue weighted by Crippen LogP contribution is -2.22. The maximum Gasteiger partial charge on any atom is 0.269 e. The second-order valence-electron chi connectivity index (χ2n) is 5.04. The Balaban J connectivity index is 2.23. The number of carbonyl (C=O) groups is 1. The number of aliphatic hydroxyl groups excluding tert-OH is 1. The third-order valence-corrected chi connectivity index (χ3v) is 3.66. The summed E-state index contributed by atoms with van der Waals surface area (Å²) in [6.45, 7) is 1.83. The molecule has 2 rings (SSSR count). The Hall–Kier alpha value is -2.53. The van der Waals surface area contributed by atoms with Gasteiger partial charge in [0.05, 0.1) is 16.9 Å². The topological polar surface area (TPSA) is 80.4 Å². The quantitative estimate of drug-likeness (QED) is 0.502. The number of Topliss-reactive ketones (excluding diaryl/α,β-unsaturated/α-hetero) is 1. The van der Waals surface area contributed by atoms with Gasteiger partial charge in [-0.25, -0.2) is 0 Å². The van der Waals surface area contributed by atoms with Crippen molar-refractivity contribution in [3.63, 3.8) is 0 Å². The molecule has 0 aliphatic heterocycles. The van der Waals surface area contributed by atoms with Crippen molar-refractivity contribution in [1.82, 2.24) is 0 Å². The van der Waals surface area contributed by atoms with Gasteiger partial charge in [0.2, 0.25) is 0 Å². The molecule has 0 unspecified atom stereocenters. The van der Waals surface area contributed by atoms with E-state index in [1.165, 1.54) is 24.3 Å².